The first-order valence-electron chi connectivity index (χ1n) is 2.92. The summed E-state index contributed by atoms with van der Waals surface area (Å²) in [6, 6.07) is 2.11. The molecule has 1 nitrogen and oxygen atoms in total. The molecule has 0 unspecified atom stereocenters. The molecular formula is C7H11NS. The van der Waals surface area contributed by atoms with Crippen LogP contribution in [0.5, 0.6) is 0 Å². The van der Waals surface area contributed by atoms with Crippen molar-refractivity contribution in [3.63, 3.8) is 0 Å². The van der Waals surface area contributed by atoms with Crippen LogP contribution in [0.2, 0.25) is 0 Å². The zero-order valence-electron chi connectivity index (χ0n) is 6.06. The number of rotatable bonds is 2. The highest BCUT2D eigenvalue weighted by Crippen LogP contribution is 2.17. The van der Waals surface area contributed by atoms with Gasteiger partial charge in [0.25, 0.3) is 0 Å². The third kappa shape index (κ3) is 3.21. The molecule has 0 aromatic heterocycles. The fourth-order valence-electron chi connectivity index (χ4n) is 0.403. The zero-order chi connectivity index (χ0) is 7.28. The summed E-state index contributed by atoms with van der Waals surface area (Å²) in [5.41, 5.74) is 0.835. The van der Waals surface area contributed by atoms with E-state index < -0.39 is 0 Å². The van der Waals surface area contributed by atoms with Crippen molar-refractivity contribution in [2.45, 2.75) is 20.8 Å². The molecule has 0 aliphatic carbocycles. The molecule has 2 heteroatoms. The SMILES string of the molecule is CCS/C(C)=C(\C)C#N. The molecule has 9 heavy (non-hydrogen) atoms. The van der Waals surface area contributed by atoms with E-state index in [0.29, 0.717) is 0 Å². The van der Waals surface area contributed by atoms with Gasteiger partial charge in [-0.3, -0.25) is 0 Å². The lowest BCUT2D eigenvalue weighted by molar-refractivity contribution is 1.40. The van der Waals surface area contributed by atoms with E-state index >= 15 is 0 Å². The first-order valence-corrected chi connectivity index (χ1v) is 3.91. The summed E-state index contributed by atoms with van der Waals surface area (Å²) in [6.07, 6.45) is 0. The highest BCUT2D eigenvalue weighted by atomic mass is 32.2. The Morgan fingerprint density at radius 1 is 1.56 bits per heavy atom. The molecule has 0 aliphatic rings. The summed E-state index contributed by atoms with van der Waals surface area (Å²) >= 11 is 1.72. The number of nitriles is 1. The summed E-state index contributed by atoms with van der Waals surface area (Å²) in [5.74, 6) is 1.05. The Morgan fingerprint density at radius 2 is 2.11 bits per heavy atom. The Bertz CT molecular complexity index is 153. The normalized spacial score (nSPS) is 12.2. The van der Waals surface area contributed by atoms with Gasteiger partial charge in [0.1, 0.15) is 0 Å². The number of nitrogens with zero attached hydrogens (tertiary/aromatic N) is 1. The number of hydrogen-bond acceptors (Lipinski definition) is 2. The third-order valence-corrected chi connectivity index (χ3v) is 2.08. The van der Waals surface area contributed by atoms with Gasteiger partial charge in [-0.05, 0) is 24.5 Å². The van der Waals surface area contributed by atoms with Crippen molar-refractivity contribution in [3.05, 3.63) is 10.5 Å². The molecule has 0 heterocycles. The van der Waals surface area contributed by atoms with Crippen molar-refractivity contribution in [1.82, 2.24) is 0 Å². The minimum Gasteiger partial charge on any atom is -0.193 e. The molecule has 0 aliphatic heterocycles. The van der Waals surface area contributed by atoms with E-state index in [1.54, 1.807) is 11.8 Å². The molecule has 0 fully saturated rings. The second-order valence-electron chi connectivity index (χ2n) is 1.73. The minimum absolute atomic E-state index is 0.835. The van der Waals surface area contributed by atoms with Crippen molar-refractivity contribution >= 4 is 11.8 Å². The largest absolute Gasteiger partial charge is 0.193 e. The molecule has 0 aromatic rings. The van der Waals surface area contributed by atoms with Gasteiger partial charge in [-0.1, -0.05) is 6.92 Å². The lowest BCUT2D eigenvalue weighted by Crippen LogP contribution is -1.75. The highest BCUT2D eigenvalue weighted by Gasteiger charge is 1.92. The smallest absolute Gasteiger partial charge is 0.0952 e. The van der Waals surface area contributed by atoms with Crippen molar-refractivity contribution < 1.29 is 0 Å². The van der Waals surface area contributed by atoms with Crippen LogP contribution in [0.25, 0.3) is 0 Å². The van der Waals surface area contributed by atoms with Gasteiger partial charge in [0.05, 0.1) is 6.07 Å². The van der Waals surface area contributed by atoms with Crippen molar-refractivity contribution in [2.75, 3.05) is 5.75 Å². The topological polar surface area (TPSA) is 23.8 Å². The molecule has 0 saturated carbocycles. The van der Waals surface area contributed by atoms with E-state index in [-0.39, 0.29) is 0 Å². The van der Waals surface area contributed by atoms with E-state index in [9.17, 15) is 0 Å². The van der Waals surface area contributed by atoms with E-state index in [4.69, 9.17) is 5.26 Å². The molecule has 0 rings (SSSR count). The Balaban J connectivity index is 3.98. The second kappa shape index (κ2) is 4.46. The molecule has 0 N–H and O–H groups in total. The standard InChI is InChI=1S/C7H11NS/c1-4-9-7(3)6(2)5-8/h4H2,1-3H3/b7-6+. The van der Waals surface area contributed by atoms with Crippen molar-refractivity contribution in [2.24, 2.45) is 0 Å². The van der Waals surface area contributed by atoms with Crippen LogP contribution in [-0.4, -0.2) is 5.75 Å². The predicted octanol–water partition coefficient (Wildman–Crippen LogP) is 2.56. The maximum Gasteiger partial charge on any atom is 0.0952 e. The van der Waals surface area contributed by atoms with Crippen LogP contribution in [0.1, 0.15) is 20.8 Å². The van der Waals surface area contributed by atoms with Crippen LogP contribution in [0.15, 0.2) is 10.5 Å². The molecule has 0 bridgehead atoms. The van der Waals surface area contributed by atoms with Crippen molar-refractivity contribution in [3.8, 4) is 6.07 Å². The van der Waals surface area contributed by atoms with Gasteiger partial charge >= 0.3 is 0 Å². The van der Waals surface area contributed by atoms with Crippen LogP contribution in [0, 0.1) is 11.3 Å². The minimum atomic E-state index is 0.835. The molecule has 50 valence electrons. The summed E-state index contributed by atoms with van der Waals surface area (Å²) < 4.78 is 0. The monoisotopic (exact) mass is 141 g/mol. The summed E-state index contributed by atoms with van der Waals surface area (Å²) in [7, 11) is 0. The average molecular weight is 141 g/mol. The molecule has 0 saturated heterocycles. The lowest BCUT2D eigenvalue weighted by atomic mass is 10.3. The van der Waals surface area contributed by atoms with Gasteiger partial charge in [0.2, 0.25) is 0 Å². The quantitative estimate of drug-likeness (QED) is 0.552. The molecule has 0 radical (unpaired) electrons. The first kappa shape index (κ1) is 8.58. The maximum atomic E-state index is 8.41. The van der Waals surface area contributed by atoms with Crippen LogP contribution in [0.4, 0.5) is 0 Å². The van der Waals surface area contributed by atoms with Crippen LogP contribution in [0.3, 0.4) is 0 Å². The first-order chi connectivity index (χ1) is 4.22. The molecule has 0 atom stereocenters. The van der Waals surface area contributed by atoms with E-state index in [1.165, 1.54) is 0 Å². The summed E-state index contributed by atoms with van der Waals surface area (Å²) in [6.45, 7) is 5.91. The van der Waals surface area contributed by atoms with Gasteiger partial charge in [-0.2, -0.15) is 5.26 Å². The molecule has 0 aromatic carbocycles. The van der Waals surface area contributed by atoms with Crippen molar-refractivity contribution in [1.29, 1.82) is 5.26 Å². The zero-order valence-corrected chi connectivity index (χ0v) is 6.88. The van der Waals surface area contributed by atoms with E-state index in [0.717, 1.165) is 16.2 Å². The lowest BCUT2D eigenvalue weighted by Gasteiger charge is -1.95. The molecule has 0 spiro atoms. The highest BCUT2D eigenvalue weighted by molar-refractivity contribution is 8.03. The van der Waals surface area contributed by atoms with Gasteiger partial charge in [-0.25, -0.2) is 0 Å². The Hall–Kier alpha value is -0.420. The van der Waals surface area contributed by atoms with Gasteiger partial charge in [0, 0.05) is 5.57 Å². The second-order valence-corrected chi connectivity index (χ2v) is 3.20. The Kier molecular flexibility index (Phi) is 4.25. The molecular weight excluding hydrogens is 130 g/mol. The molecule has 0 amide bonds. The number of allylic oxidation sites excluding steroid dienone is 2. The fourth-order valence-corrected chi connectivity index (χ4v) is 1.10. The summed E-state index contributed by atoms with van der Waals surface area (Å²) in [4.78, 5) is 1.14. The van der Waals surface area contributed by atoms with Gasteiger partial charge in [-0.15, -0.1) is 11.8 Å². The summed E-state index contributed by atoms with van der Waals surface area (Å²) in [5, 5.41) is 8.41. The average Bonchev–Trinajstić information content (AvgIpc) is 1.87. The van der Waals surface area contributed by atoms with E-state index in [1.807, 2.05) is 13.8 Å². The third-order valence-electron chi connectivity index (χ3n) is 1.06. The Labute approximate surface area is 60.8 Å². The predicted molar refractivity (Wildman–Crippen MR) is 42.1 cm³/mol. The van der Waals surface area contributed by atoms with Gasteiger partial charge in [0.15, 0.2) is 0 Å². The van der Waals surface area contributed by atoms with Crippen LogP contribution in [-0.2, 0) is 0 Å². The maximum absolute atomic E-state index is 8.41. The number of hydrogen-bond donors (Lipinski definition) is 0. The van der Waals surface area contributed by atoms with Crippen LogP contribution < -0.4 is 0 Å². The Morgan fingerprint density at radius 3 is 2.44 bits per heavy atom. The fraction of sp³-hybridized carbons (Fsp3) is 0.571. The van der Waals surface area contributed by atoms with Crippen LogP contribution >= 0.6 is 11.8 Å². The van der Waals surface area contributed by atoms with E-state index in [2.05, 4.69) is 13.0 Å². The number of thioether (sulfide) groups is 1. The van der Waals surface area contributed by atoms with Gasteiger partial charge < -0.3 is 0 Å².